The molecule has 1 aromatic rings. The van der Waals surface area contributed by atoms with E-state index >= 15 is 0 Å². The molecule has 104 valence electrons. The molecule has 2 heteroatoms. The molecule has 0 aliphatic heterocycles. The third-order valence-corrected chi connectivity index (χ3v) is 4.52. The van der Waals surface area contributed by atoms with E-state index in [1.54, 1.807) is 0 Å². The van der Waals surface area contributed by atoms with Crippen LogP contribution in [0.2, 0.25) is 0 Å². The molecule has 0 aromatic heterocycles. The van der Waals surface area contributed by atoms with Crippen LogP contribution in [0.25, 0.3) is 0 Å². The van der Waals surface area contributed by atoms with Gasteiger partial charge in [-0.15, -0.1) is 0 Å². The van der Waals surface area contributed by atoms with Crippen molar-refractivity contribution in [3.63, 3.8) is 0 Å². The van der Waals surface area contributed by atoms with Crippen LogP contribution in [-0.4, -0.2) is 12.3 Å². The third-order valence-electron chi connectivity index (χ3n) is 4.52. The highest BCUT2D eigenvalue weighted by molar-refractivity contribution is 6.02. The van der Waals surface area contributed by atoms with Gasteiger partial charge in [-0.3, -0.25) is 4.79 Å². The molecule has 2 N–H and O–H groups in total. The van der Waals surface area contributed by atoms with E-state index in [4.69, 9.17) is 5.73 Å². The quantitative estimate of drug-likeness (QED) is 0.843. The molecule has 0 atom stereocenters. The monoisotopic (exact) mass is 259 g/mol. The van der Waals surface area contributed by atoms with E-state index in [0.29, 0.717) is 6.54 Å². The molecule has 2 rings (SSSR count). The standard InChI is InChI=1S/C17H25NO/c1-12-10-13(16(2,3)4)6-7-14(12)15(19)17(11-18)8-5-9-17/h6-7,10H,5,8-9,11,18H2,1-4H3. The van der Waals surface area contributed by atoms with Crippen LogP contribution < -0.4 is 5.73 Å². The van der Waals surface area contributed by atoms with E-state index in [2.05, 4.69) is 32.9 Å². The van der Waals surface area contributed by atoms with Crippen molar-refractivity contribution in [1.82, 2.24) is 0 Å². The van der Waals surface area contributed by atoms with Crippen LogP contribution >= 0.6 is 0 Å². The minimum atomic E-state index is -0.270. The summed E-state index contributed by atoms with van der Waals surface area (Å²) in [6.07, 6.45) is 3.02. The van der Waals surface area contributed by atoms with Gasteiger partial charge in [-0.1, -0.05) is 45.4 Å². The molecule has 0 amide bonds. The maximum atomic E-state index is 12.7. The topological polar surface area (TPSA) is 43.1 Å². The summed E-state index contributed by atoms with van der Waals surface area (Å²) in [6, 6.07) is 6.23. The summed E-state index contributed by atoms with van der Waals surface area (Å²) in [7, 11) is 0. The van der Waals surface area contributed by atoms with E-state index in [-0.39, 0.29) is 16.6 Å². The number of hydrogen-bond acceptors (Lipinski definition) is 2. The van der Waals surface area contributed by atoms with Crippen molar-refractivity contribution in [2.75, 3.05) is 6.54 Å². The number of ketones is 1. The average molecular weight is 259 g/mol. The Morgan fingerprint density at radius 2 is 1.95 bits per heavy atom. The lowest BCUT2D eigenvalue weighted by atomic mass is 9.64. The number of Topliss-reactive ketones (excluding diaryl/α,β-unsaturated/α-hetero) is 1. The molecule has 1 saturated carbocycles. The van der Waals surface area contributed by atoms with Crippen LogP contribution in [0.1, 0.15) is 61.5 Å². The van der Waals surface area contributed by atoms with Crippen molar-refractivity contribution < 1.29 is 4.79 Å². The van der Waals surface area contributed by atoms with Gasteiger partial charge in [-0.05, 0) is 36.3 Å². The van der Waals surface area contributed by atoms with Crippen molar-refractivity contribution in [2.24, 2.45) is 11.1 Å². The summed E-state index contributed by atoms with van der Waals surface area (Å²) in [4.78, 5) is 12.7. The number of nitrogens with two attached hydrogens (primary N) is 1. The zero-order valence-corrected chi connectivity index (χ0v) is 12.5. The molecule has 0 heterocycles. The Morgan fingerprint density at radius 3 is 2.32 bits per heavy atom. The molecule has 1 aliphatic carbocycles. The van der Waals surface area contributed by atoms with Gasteiger partial charge in [0.2, 0.25) is 0 Å². The van der Waals surface area contributed by atoms with E-state index in [1.165, 1.54) is 5.56 Å². The lowest BCUT2D eigenvalue weighted by Gasteiger charge is -2.39. The number of carbonyl (C=O) groups is 1. The van der Waals surface area contributed by atoms with Gasteiger partial charge in [0.15, 0.2) is 5.78 Å². The summed E-state index contributed by atoms with van der Waals surface area (Å²) in [6.45, 7) is 9.08. The second-order valence-electron chi connectivity index (χ2n) is 6.95. The largest absolute Gasteiger partial charge is 0.329 e. The van der Waals surface area contributed by atoms with Crippen LogP contribution in [0.3, 0.4) is 0 Å². The molecule has 0 saturated heterocycles. The Bertz CT molecular complexity index is 487. The van der Waals surface area contributed by atoms with Gasteiger partial charge < -0.3 is 5.73 Å². The molecule has 0 unspecified atom stereocenters. The highest BCUT2D eigenvalue weighted by Gasteiger charge is 2.43. The van der Waals surface area contributed by atoms with Crippen LogP contribution in [0.4, 0.5) is 0 Å². The molecule has 2 nitrogen and oxygen atoms in total. The lowest BCUT2D eigenvalue weighted by Crippen LogP contribution is -2.44. The van der Waals surface area contributed by atoms with Crippen molar-refractivity contribution in [2.45, 2.75) is 52.4 Å². The third kappa shape index (κ3) is 2.46. The Hall–Kier alpha value is -1.15. The summed E-state index contributed by atoms with van der Waals surface area (Å²) < 4.78 is 0. The van der Waals surface area contributed by atoms with Gasteiger partial charge in [-0.25, -0.2) is 0 Å². The van der Waals surface area contributed by atoms with Crippen molar-refractivity contribution in [1.29, 1.82) is 0 Å². The first kappa shape index (κ1) is 14.3. The van der Waals surface area contributed by atoms with Gasteiger partial charge in [0, 0.05) is 17.5 Å². The second kappa shape index (κ2) is 4.75. The van der Waals surface area contributed by atoms with Crippen molar-refractivity contribution >= 4 is 5.78 Å². The molecular formula is C17H25NO. The molecule has 1 aliphatic rings. The Morgan fingerprint density at radius 1 is 1.32 bits per heavy atom. The smallest absolute Gasteiger partial charge is 0.170 e. The first-order valence-electron chi connectivity index (χ1n) is 7.16. The number of rotatable bonds is 3. The predicted octanol–water partition coefficient (Wildman–Crippen LogP) is 3.60. The first-order chi connectivity index (χ1) is 8.80. The zero-order chi connectivity index (χ0) is 14.3. The predicted molar refractivity (Wildman–Crippen MR) is 79.5 cm³/mol. The highest BCUT2D eigenvalue weighted by atomic mass is 16.1. The fraction of sp³-hybridized carbons (Fsp3) is 0.588. The maximum absolute atomic E-state index is 12.7. The fourth-order valence-corrected chi connectivity index (χ4v) is 2.80. The van der Waals surface area contributed by atoms with Crippen molar-refractivity contribution in [3.8, 4) is 0 Å². The molecule has 0 spiro atoms. The van der Waals surface area contributed by atoms with Crippen LogP contribution in [-0.2, 0) is 5.41 Å². The van der Waals surface area contributed by atoms with Gasteiger partial charge in [0.1, 0.15) is 0 Å². The minimum Gasteiger partial charge on any atom is -0.329 e. The fourth-order valence-electron chi connectivity index (χ4n) is 2.80. The van der Waals surface area contributed by atoms with E-state index in [9.17, 15) is 4.79 Å². The second-order valence-corrected chi connectivity index (χ2v) is 6.95. The normalized spacial score (nSPS) is 17.9. The van der Waals surface area contributed by atoms with Crippen molar-refractivity contribution in [3.05, 3.63) is 34.9 Å². The van der Waals surface area contributed by atoms with Gasteiger partial charge in [0.05, 0.1) is 0 Å². The van der Waals surface area contributed by atoms with E-state index < -0.39 is 0 Å². The minimum absolute atomic E-state index is 0.119. The molecular weight excluding hydrogens is 234 g/mol. The SMILES string of the molecule is Cc1cc(C(C)(C)C)ccc1C(=O)C1(CN)CCC1. The Kier molecular flexibility index (Phi) is 3.57. The van der Waals surface area contributed by atoms with E-state index in [0.717, 1.165) is 30.4 Å². The van der Waals surface area contributed by atoms with Crippen LogP contribution in [0, 0.1) is 12.3 Å². The van der Waals surface area contributed by atoms with Crippen LogP contribution in [0.5, 0.6) is 0 Å². The summed E-state index contributed by atoms with van der Waals surface area (Å²) in [5.41, 5.74) is 8.90. The molecule has 1 aromatic carbocycles. The summed E-state index contributed by atoms with van der Waals surface area (Å²) in [5.74, 6) is 0.249. The molecule has 19 heavy (non-hydrogen) atoms. The van der Waals surface area contributed by atoms with Crippen LogP contribution in [0.15, 0.2) is 18.2 Å². The first-order valence-corrected chi connectivity index (χ1v) is 7.16. The average Bonchev–Trinajstić information content (AvgIpc) is 2.26. The zero-order valence-electron chi connectivity index (χ0n) is 12.5. The van der Waals surface area contributed by atoms with Gasteiger partial charge in [-0.2, -0.15) is 0 Å². The Labute approximate surface area is 116 Å². The summed E-state index contributed by atoms with van der Waals surface area (Å²) >= 11 is 0. The maximum Gasteiger partial charge on any atom is 0.170 e. The highest BCUT2D eigenvalue weighted by Crippen LogP contribution is 2.43. The summed E-state index contributed by atoms with van der Waals surface area (Å²) in [5, 5.41) is 0. The lowest BCUT2D eigenvalue weighted by molar-refractivity contribution is 0.0635. The van der Waals surface area contributed by atoms with E-state index in [1.807, 2.05) is 13.0 Å². The van der Waals surface area contributed by atoms with Gasteiger partial charge in [0.25, 0.3) is 0 Å². The number of benzene rings is 1. The number of hydrogen-bond donors (Lipinski definition) is 1. The molecule has 1 fully saturated rings. The Balaban J connectivity index is 2.34. The molecule has 0 bridgehead atoms. The molecule has 0 radical (unpaired) electrons. The number of aryl methyl sites for hydroxylation is 1. The number of carbonyl (C=O) groups excluding carboxylic acids is 1. The van der Waals surface area contributed by atoms with Gasteiger partial charge >= 0.3 is 0 Å².